The fourth-order valence-corrected chi connectivity index (χ4v) is 2.29. The molecule has 2 heterocycles. The highest BCUT2D eigenvalue weighted by molar-refractivity contribution is 5.85. The van der Waals surface area contributed by atoms with Gasteiger partial charge in [0, 0.05) is 32.0 Å². The second kappa shape index (κ2) is 8.17. The van der Waals surface area contributed by atoms with Crippen molar-refractivity contribution in [2.45, 2.75) is 26.3 Å². The Kier molecular flexibility index (Phi) is 6.87. The van der Waals surface area contributed by atoms with Gasteiger partial charge in [0.15, 0.2) is 0 Å². The third-order valence-corrected chi connectivity index (χ3v) is 3.35. The summed E-state index contributed by atoms with van der Waals surface area (Å²) in [6.07, 6.45) is 5.83. The number of nitrogens with one attached hydrogen (secondary N) is 2. The van der Waals surface area contributed by atoms with E-state index in [-0.39, 0.29) is 24.2 Å². The molecule has 2 atom stereocenters. The van der Waals surface area contributed by atoms with Crippen molar-refractivity contribution >= 4 is 18.3 Å². The lowest BCUT2D eigenvalue weighted by atomic mass is 9.98. The predicted octanol–water partition coefficient (Wildman–Crippen LogP) is 1.06. The zero-order valence-electron chi connectivity index (χ0n) is 11.3. The minimum atomic E-state index is 0. The first kappa shape index (κ1) is 16.0. The van der Waals surface area contributed by atoms with Gasteiger partial charge in [-0.15, -0.1) is 12.4 Å². The molecule has 0 bridgehead atoms. The molecular weight excluding hydrogens is 264 g/mol. The van der Waals surface area contributed by atoms with Crippen molar-refractivity contribution in [2.75, 3.05) is 19.6 Å². The Balaban J connectivity index is 0.00000180. The van der Waals surface area contributed by atoms with E-state index in [2.05, 4.69) is 22.7 Å². The molecule has 5 nitrogen and oxygen atoms in total. The molecule has 19 heavy (non-hydrogen) atoms. The van der Waals surface area contributed by atoms with Gasteiger partial charge in [0.2, 0.25) is 5.91 Å². The van der Waals surface area contributed by atoms with E-state index in [0.29, 0.717) is 5.92 Å². The van der Waals surface area contributed by atoms with E-state index in [9.17, 15) is 4.79 Å². The first-order valence-electron chi connectivity index (χ1n) is 6.71. The van der Waals surface area contributed by atoms with Crippen LogP contribution < -0.4 is 10.6 Å². The fraction of sp³-hybridized carbons (Fsp3) is 0.692. The smallest absolute Gasteiger partial charge is 0.224 e. The van der Waals surface area contributed by atoms with Gasteiger partial charge in [-0.05, 0) is 31.4 Å². The molecule has 2 N–H and O–H groups in total. The van der Waals surface area contributed by atoms with Crippen molar-refractivity contribution in [3.63, 3.8) is 0 Å². The van der Waals surface area contributed by atoms with Crippen LogP contribution in [-0.2, 0) is 11.3 Å². The van der Waals surface area contributed by atoms with Crippen LogP contribution in [0.1, 0.15) is 19.8 Å². The number of carbonyl (C=O) groups excluding carboxylic acids is 1. The maximum absolute atomic E-state index is 11.9. The predicted molar refractivity (Wildman–Crippen MR) is 77.2 cm³/mol. The van der Waals surface area contributed by atoms with Crippen LogP contribution in [0.25, 0.3) is 0 Å². The van der Waals surface area contributed by atoms with Crippen molar-refractivity contribution in [2.24, 2.45) is 11.8 Å². The van der Waals surface area contributed by atoms with Crippen LogP contribution >= 0.6 is 12.4 Å². The number of aromatic nitrogens is 2. The number of hydrogen-bond donors (Lipinski definition) is 2. The lowest BCUT2D eigenvalue weighted by molar-refractivity contribution is -0.125. The lowest BCUT2D eigenvalue weighted by Crippen LogP contribution is -2.42. The summed E-state index contributed by atoms with van der Waals surface area (Å²) in [6, 6.07) is 1.92. The van der Waals surface area contributed by atoms with Gasteiger partial charge >= 0.3 is 0 Å². The van der Waals surface area contributed by atoms with Gasteiger partial charge in [-0.3, -0.25) is 9.48 Å². The molecule has 1 aliphatic rings. The minimum Gasteiger partial charge on any atom is -0.355 e. The standard InChI is InChI=1S/C13H22N4O.ClH/c1-11(10-17-7-3-6-16-17)8-15-13(18)12-4-2-5-14-9-12;/h3,6-7,11-12,14H,2,4-5,8-10H2,1H3,(H,15,18);1H. The molecule has 0 aliphatic carbocycles. The Morgan fingerprint density at radius 1 is 1.63 bits per heavy atom. The second-order valence-electron chi connectivity index (χ2n) is 5.12. The van der Waals surface area contributed by atoms with E-state index < -0.39 is 0 Å². The number of nitrogens with zero attached hydrogens (tertiary/aromatic N) is 2. The summed E-state index contributed by atoms with van der Waals surface area (Å²) in [7, 11) is 0. The summed E-state index contributed by atoms with van der Waals surface area (Å²) in [5.74, 6) is 0.732. The molecule has 1 amide bonds. The van der Waals surface area contributed by atoms with Crippen molar-refractivity contribution in [3.8, 4) is 0 Å². The number of rotatable bonds is 5. The summed E-state index contributed by atoms with van der Waals surface area (Å²) in [6.45, 7) is 5.55. The van der Waals surface area contributed by atoms with Crippen LogP contribution in [-0.4, -0.2) is 35.3 Å². The van der Waals surface area contributed by atoms with Gasteiger partial charge in [-0.1, -0.05) is 6.92 Å². The van der Waals surface area contributed by atoms with Crippen molar-refractivity contribution in [1.82, 2.24) is 20.4 Å². The zero-order valence-corrected chi connectivity index (χ0v) is 12.2. The van der Waals surface area contributed by atoms with Gasteiger partial charge in [-0.25, -0.2) is 0 Å². The third kappa shape index (κ3) is 5.20. The largest absolute Gasteiger partial charge is 0.355 e. The van der Waals surface area contributed by atoms with Gasteiger partial charge < -0.3 is 10.6 Å². The highest BCUT2D eigenvalue weighted by Crippen LogP contribution is 2.10. The lowest BCUT2D eigenvalue weighted by Gasteiger charge is -2.22. The van der Waals surface area contributed by atoms with Crippen LogP contribution in [0.15, 0.2) is 18.5 Å². The third-order valence-electron chi connectivity index (χ3n) is 3.35. The van der Waals surface area contributed by atoms with Gasteiger partial charge in [0.1, 0.15) is 0 Å². The van der Waals surface area contributed by atoms with Gasteiger partial charge in [0.25, 0.3) is 0 Å². The molecule has 108 valence electrons. The number of amides is 1. The van der Waals surface area contributed by atoms with Crippen LogP contribution in [0.4, 0.5) is 0 Å². The number of carbonyl (C=O) groups is 1. The van der Waals surface area contributed by atoms with Crippen LogP contribution in [0.5, 0.6) is 0 Å². The topological polar surface area (TPSA) is 59.0 Å². The SMILES string of the molecule is CC(CNC(=O)C1CCCNC1)Cn1cccn1.Cl. The maximum Gasteiger partial charge on any atom is 0.224 e. The van der Waals surface area contributed by atoms with E-state index in [1.165, 1.54) is 0 Å². The average molecular weight is 287 g/mol. The zero-order chi connectivity index (χ0) is 12.8. The fourth-order valence-electron chi connectivity index (χ4n) is 2.29. The molecule has 6 heteroatoms. The molecule has 0 saturated carbocycles. The van der Waals surface area contributed by atoms with Gasteiger partial charge in [-0.2, -0.15) is 5.10 Å². The van der Waals surface area contributed by atoms with Crippen molar-refractivity contribution in [1.29, 1.82) is 0 Å². The summed E-state index contributed by atoms with van der Waals surface area (Å²) < 4.78 is 1.90. The molecule has 1 aromatic rings. The Hall–Kier alpha value is -1.07. The Morgan fingerprint density at radius 3 is 3.11 bits per heavy atom. The minimum absolute atomic E-state index is 0. The first-order chi connectivity index (χ1) is 8.75. The van der Waals surface area contributed by atoms with E-state index in [0.717, 1.165) is 39.0 Å². The Morgan fingerprint density at radius 2 is 2.47 bits per heavy atom. The Bertz CT molecular complexity index is 363. The average Bonchev–Trinajstić information content (AvgIpc) is 2.90. The summed E-state index contributed by atoms with van der Waals surface area (Å²) >= 11 is 0. The highest BCUT2D eigenvalue weighted by atomic mass is 35.5. The van der Waals surface area contributed by atoms with Crippen molar-refractivity contribution in [3.05, 3.63) is 18.5 Å². The molecule has 0 spiro atoms. The highest BCUT2D eigenvalue weighted by Gasteiger charge is 2.20. The molecule has 1 aliphatic heterocycles. The monoisotopic (exact) mass is 286 g/mol. The summed E-state index contributed by atoms with van der Waals surface area (Å²) in [5, 5.41) is 10.5. The molecule has 0 radical (unpaired) electrons. The van der Waals surface area contributed by atoms with E-state index in [1.54, 1.807) is 6.20 Å². The van der Waals surface area contributed by atoms with E-state index >= 15 is 0 Å². The Labute approximate surface area is 120 Å². The second-order valence-corrected chi connectivity index (χ2v) is 5.12. The van der Waals surface area contributed by atoms with Crippen LogP contribution in [0, 0.1) is 11.8 Å². The molecule has 1 fully saturated rings. The molecule has 2 unspecified atom stereocenters. The van der Waals surface area contributed by atoms with Crippen LogP contribution in [0.2, 0.25) is 0 Å². The molecule has 1 saturated heterocycles. The van der Waals surface area contributed by atoms with E-state index in [4.69, 9.17) is 0 Å². The van der Waals surface area contributed by atoms with Gasteiger partial charge in [0.05, 0.1) is 5.92 Å². The first-order valence-corrected chi connectivity index (χ1v) is 6.71. The molecule has 2 rings (SSSR count). The maximum atomic E-state index is 11.9. The molecule has 1 aromatic heterocycles. The normalized spacial score (nSPS) is 20.4. The van der Waals surface area contributed by atoms with Crippen LogP contribution in [0.3, 0.4) is 0 Å². The number of piperidine rings is 1. The number of halogens is 1. The summed E-state index contributed by atoms with van der Waals surface area (Å²) in [4.78, 5) is 11.9. The number of hydrogen-bond acceptors (Lipinski definition) is 3. The molecule has 0 aromatic carbocycles. The quantitative estimate of drug-likeness (QED) is 0.851. The van der Waals surface area contributed by atoms with Crippen molar-refractivity contribution < 1.29 is 4.79 Å². The molecular formula is C13H23ClN4O. The summed E-state index contributed by atoms with van der Waals surface area (Å²) in [5.41, 5.74) is 0. The van der Waals surface area contributed by atoms with E-state index in [1.807, 2.05) is 16.9 Å².